The van der Waals surface area contributed by atoms with E-state index in [2.05, 4.69) is 36.9 Å². The van der Waals surface area contributed by atoms with Gasteiger partial charge in [-0.2, -0.15) is 0 Å². The molecule has 0 amide bonds. The van der Waals surface area contributed by atoms with Gasteiger partial charge in [-0.3, -0.25) is 4.90 Å². The Labute approximate surface area is 123 Å². The molecule has 2 aliphatic heterocycles. The maximum Gasteiger partial charge on any atom is 0.0480 e. The van der Waals surface area contributed by atoms with E-state index in [9.17, 15) is 0 Å². The van der Waals surface area contributed by atoms with E-state index in [-0.39, 0.29) is 0 Å². The van der Waals surface area contributed by atoms with E-state index in [1.54, 1.807) is 5.56 Å². The third-order valence-electron chi connectivity index (χ3n) is 5.21. The molecule has 0 unspecified atom stereocenters. The Hall–Kier alpha value is -0.860. The van der Waals surface area contributed by atoms with E-state index in [1.165, 1.54) is 49.8 Å². The Morgan fingerprint density at radius 3 is 2.65 bits per heavy atom. The number of hydrogen-bond acceptors (Lipinski definition) is 2. The van der Waals surface area contributed by atoms with Crippen molar-refractivity contribution in [2.75, 3.05) is 19.8 Å². The van der Waals surface area contributed by atoms with Crippen LogP contribution in [0.15, 0.2) is 18.2 Å². The minimum Gasteiger partial charge on any atom is -0.381 e. The van der Waals surface area contributed by atoms with Gasteiger partial charge in [0.05, 0.1) is 0 Å². The quantitative estimate of drug-likeness (QED) is 0.807. The lowest BCUT2D eigenvalue weighted by molar-refractivity contribution is 0.00397. The highest BCUT2D eigenvalue weighted by molar-refractivity contribution is 5.35. The van der Waals surface area contributed by atoms with E-state index in [0.29, 0.717) is 6.04 Å². The van der Waals surface area contributed by atoms with Gasteiger partial charge < -0.3 is 4.74 Å². The number of ether oxygens (including phenoxy) is 1. The van der Waals surface area contributed by atoms with Crippen LogP contribution in [0.1, 0.15) is 54.8 Å². The monoisotopic (exact) mass is 273 g/mol. The lowest BCUT2D eigenvalue weighted by atomic mass is 9.88. The standard InChI is InChI=1S/C18H27NO/c1-14-6-5-7-17(15(14)2)18-8-3-4-11-19(18)16-9-12-20-13-10-16/h5-7,16,18H,3-4,8-13H2,1-2H3/t18-/m1/s1. The van der Waals surface area contributed by atoms with Crippen molar-refractivity contribution in [1.29, 1.82) is 0 Å². The fraction of sp³-hybridized carbons (Fsp3) is 0.667. The Morgan fingerprint density at radius 1 is 1.05 bits per heavy atom. The zero-order valence-corrected chi connectivity index (χ0v) is 12.9. The molecule has 110 valence electrons. The van der Waals surface area contributed by atoms with Gasteiger partial charge >= 0.3 is 0 Å². The minimum atomic E-state index is 0.631. The van der Waals surface area contributed by atoms with Gasteiger partial charge in [0.1, 0.15) is 0 Å². The van der Waals surface area contributed by atoms with Crippen LogP contribution in [0, 0.1) is 13.8 Å². The van der Waals surface area contributed by atoms with Crippen LogP contribution in [0.25, 0.3) is 0 Å². The molecule has 1 aromatic rings. The largest absolute Gasteiger partial charge is 0.381 e. The summed E-state index contributed by atoms with van der Waals surface area (Å²) in [5.41, 5.74) is 4.49. The molecule has 2 aliphatic rings. The molecule has 2 nitrogen and oxygen atoms in total. The van der Waals surface area contributed by atoms with Crippen LogP contribution < -0.4 is 0 Å². The van der Waals surface area contributed by atoms with Crippen molar-refractivity contribution in [2.24, 2.45) is 0 Å². The van der Waals surface area contributed by atoms with Gasteiger partial charge in [-0.05, 0) is 62.8 Å². The molecule has 1 aromatic carbocycles. The molecule has 2 heterocycles. The van der Waals surface area contributed by atoms with Gasteiger partial charge in [0.15, 0.2) is 0 Å². The lowest BCUT2D eigenvalue weighted by Crippen LogP contribution is -2.44. The molecule has 0 radical (unpaired) electrons. The third-order valence-corrected chi connectivity index (χ3v) is 5.21. The molecule has 3 rings (SSSR count). The van der Waals surface area contributed by atoms with Crippen LogP contribution in [-0.4, -0.2) is 30.7 Å². The summed E-state index contributed by atoms with van der Waals surface area (Å²) < 4.78 is 5.55. The fourth-order valence-corrected chi connectivity index (χ4v) is 3.88. The molecule has 2 fully saturated rings. The van der Waals surface area contributed by atoms with Gasteiger partial charge in [-0.25, -0.2) is 0 Å². The van der Waals surface area contributed by atoms with Crippen molar-refractivity contribution in [1.82, 2.24) is 4.90 Å². The fourth-order valence-electron chi connectivity index (χ4n) is 3.88. The number of piperidine rings is 1. The summed E-state index contributed by atoms with van der Waals surface area (Å²) in [7, 11) is 0. The molecule has 20 heavy (non-hydrogen) atoms. The second-order valence-corrected chi connectivity index (χ2v) is 6.38. The summed E-state index contributed by atoms with van der Waals surface area (Å²) in [6, 6.07) is 8.18. The number of benzene rings is 1. The maximum absolute atomic E-state index is 5.55. The highest BCUT2D eigenvalue weighted by atomic mass is 16.5. The number of nitrogens with zero attached hydrogens (tertiary/aromatic N) is 1. The van der Waals surface area contributed by atoms with E-state index in [0.717, 1.165) is 19.3 Å². The normalized spacial score (nSPS) is 25.8. The average Bonchev–Trinajstić information content (AvgIpc) is 2.51. The van der Waals surface area contributed by atoms with Crippen molar-refractivity contribution in [2.45, 2.75) is 58.0 Å². The summed E-state index contributed by atoms with van der Waals surface area (Å²) in [6.45, 7) is 7.69. The molecule has 0 saturated carbocycles. The Balaban J connectivity index is 1.86. The number of hydrogen-bond donors (Lipinski definition) is 0. The summed E-state index contributed by atoms with van der Waals surface area (Å²) in [6.07, 6.45) is 6.47. The number of aryl methyl sites for hydroxylation is 1. The van der Waals surface area contributed by atoms with Crippen LogP contribution >= 0.6 is 0 Å². The van der Waals surface area contributed by atoms with Crippen molar-refractivity contribution < 1.29 is 4.74 Å². The molecule has 1 atom stereocenters. The first-order valence-corrected chi connectivity index (χ1v) is 8.17. The first-order chi connectivity index (χ1) is 9.77. The third kappa shape index (κ3) is 2.77. The van der Waals surface area contributed by atoms with Crippen LogP contribution in [0.5, 0.6) is 0 Å². The van der Waals surface area contributed by atoms with Crippen molar-refractivity contribution >= 4 is 0 Å². The van der Waals surface area contributed by atoms with Gasteiger partial charge in [0, 0.05) is 25.3 Å². The average molecular weight is 273 g/mol. The number of likely N-dealkylation sites (tertiary alicyclic amines) is 1. The molecule has 0 aliphatic carbocycles. The van der Waals surface area contributed by atoms with Crippen LogP contribution in [-0.2, 0) is 4.74 Å². The Kier molecular flexibility index (Phi) is 4.42. The SMILES string of the molecule is Cc1cccc([C@H]2CCCCN2C2CCOCC2)c1C. The molecule has 0 N–H and O–H groups in total. The van der Waals surface area contributed by atoms with Crippen molar-refractivity contribution in [3.63, 3.8) is 0 Å². The van der Waals surface area contributed by atoms with Crippen molar-refractivity contribution in [3.05, 3.63) is 34.9 Å². The van der Waals surface area contributed by atoms with Gasteiger partial charge in [-0.15, -0.1) is 0 Å². The van der Waals surface area contributed by atoms with E-state index >= 15 is 0 Å². The van der Waals surface area contributed by atoms with E-state index in [1.807, 2.05) is 0 Å². The Morgan fingerprint density at radius 2 is 1.85 bits per heavy atom. The van der Waals surface area contributed by atoms with E-state index < -0.39 is 0 Å². The molecule has 0 bridgehead atoms. The molecule has 0 spiro atoms. The Bertz CT molecular complexity index is 451. The topological polar surface area (TPSA) is 12.5 Å². The predicted octanol–water partition coefficient (Wildman–Crippen LogP) is 4.01. The van der Waals surface area contributed by atoms with E-state index in [4.69, 9.17) is 4.74 Å². The van der Waals surface area contributed by atoms with Gasteiger partial charge in [0.2, 0.25) is 0 Å². The summed E-state index contributed by atoms with van der Waals surface area (Å²) in [5.74, 6) is 0. The second kappa shape index (κ2) is 6.28. The molecule has 2 heteroatoms. The lowest BCUT2D eigenvalue weighted by Gasteiger charge is -2.43. The molecular weight excluding hydrogens is 246 g/mol. The smallest absolute Gasteiger partial charge is 0.0480 e. The highest BCUT2D eigenvalue weighted by Crippen LogP contribution is 2.36. The summed E-state index contributed by atoms with van der Waals surface area (Å²) in [4.78, 5) is 2.79. The second-order valence-electron chi connectivity index (χ2n) is 6.38. The molecule has 2 saturated heterocycles. The van der Waals surface area contributed by atoms with Gasteiger partial charge in [-0.1, -0.05) is 24.6 Å². The number of rotatable bonds is 2. The summed E-state index contributed by atoms with van der Waals surface area (Å²) in [5, 5.41) is 0. The van der Waals surface area contributed by atoms with Crippen LogP contribution in [0.3, 0.4) is 0 Å². The molecule has 0 aromatic heterocycles. The van der Waals surface area contributed by atoms with Gasteiger partial charge in [0.25, 0.3) is 0 Å². The zero-order valence-electron chi connectivity index (χ0n) is 12.9. The first kappa shape index (κ1) is 14.1. The molecular formula is C18H27NO. The van der Waals surface area contributed by atoms with Crippen LogP contribution in [0.2, 0.25) is 0 Å². The summed E-state index contributed by atoms with van der Waals surface area (Å²) >= 11 is 0. The maximum atomic E-state index is 5.55. The van der Waals surface area contributed by atoms with Crippen LogP contribution in [0.4, 0.5) is 0 Å². The minimum absolute atomic E-state index is 0.631. The van der Waals surface area contributed by atoms with Crippen molar-refractivity contribution in [3.8, 4) is 0 Å². The first-order valence-electron chi connectivity index (χ1n) is 8.17. The predicted molar refractivity (Wildman–Crippen MR) is 83.1 cm³/mol. The zero-order chi connectivity index (χ0) is 13.9. The highest BCUT2D eigenvalue weighted by Gasteiger charge is 2.31.